The van der Waals surface area contributed by atoms with Crippen LogP contribution >= 0.6 is 23.2 Å². The molecule has 1 amide bonds. The Morgan fingerprint density at radius 3 is 2.75 bits per heavy atom. The summed E-state index contributed by atoms with van der Waals surface area (Å²) in [5, 5.41) is 12.5. The van der Waals surface area contributed by atoms with Crippen LogP contribution in [0.4, 0.5) is 10.5 Å². The number of ether oxygens (including phenoxy) is 1. The van der Waals surface area contributed by atoms with E-state index in [0.717, 1.165) is 0 Å². The first-order valence-corrected chi connectivity index (χ1v) is 5.34. The topological polar surface area (TPSA) is 58.6 Å². The van der Waals surface area contributed by atoms with Crippen LogP contribution in [0.25, 0.3) is 0 Å². The van der Waals surface area contributed by atoms with Crippen molar-refractivity contribution in [1.82, 2.24) is 0 Å². The van der Waals surface area contributed by atoms with Crippen LogP contribution in [0.1, 0.15) is 12.5 Å². The average Bonchev–Trinajstić information content (AvgIpc) is 2.23. The van der Waals surface area contributed by atoms with Crippen molar-refractivity contribution >= 4 is 35.0 Å². The standard InChI is InChI=1S/C10H11Cl2NO3/c1-3-16-10(15)13-7-4-6(11)5(2)8(12)9(7)14/h4,14H,3H2,1-2H3,(H,13,15). The largest absolute Gasteiger partial charge is 0.504 e. The molecule has 0 spiro atoms. The third-order valence-electron chi connectivity index (χ3n) is 1.93. The number of benzene rings is 1. The second-order valence-corrected chi connectivity index (χ2v) is 3.82. The minimum atomic E-state index is -0.672. The molecule has 0 aliphatic carbocycles. The number of carbonyl (C=O) groups excluding carboxylic acids is 1. The molecule has 6 heteroatoms. The molecule has 0 saturated heterocycles. The Balaban J connectivity index is 3.02. The van der Waals surface area contributed by atoms with Gasteiger partial charge < -0.3 is 9.84 Å². The molecular weight excluding hydrogens is 253 g/mol. The van der Waals surface area contributed by atoms with Gasteiger partial charge in [-0.05, 0) is 25.5 Å². The van der Waals surface area contributed by atoms with Crippen molar-refractivity contribution in [2.45, 2.75) is 13.8 Å². The van der Waals surface area contributed by atoms with E-state index in [1.807, 2.05) is 0 Å². The van der Waals surface area contributed by atoms with E-state index >= 15 is 0 Å². The number of anilines is 1. The molecule has 0 aromatic heterocycles. The number of hydrogen-bond acceptors (Lipinski definition) is 3. The molecule has 1 aromatic rings. The van der Waals surface area contributed by atoms with Gasteiger partial charge in [-0.25, -0.2) is 4.79 Å². The third kappa shape index (κ3) is 2.71. The predicted octanol–water partition coefficient (Wildman–Crippen LogP) is 3.58. The Morgan fingerprint density at radius 2 is 2.19 bits per heavy atom. The summed E-state index contributed by atoms with van der Waals surface area (Å²) in [5.41, 5.74) is 0.675. The summed E-state index contributed by atoms with van der Waals surface area (Å²) in [6.07, 6.45) is -0.672. The lowest BCUT2D eigenvalue weighted by Crippen LogP contribution is -2.13. The molecule has 1 rings (SSSR count). The van der Waals surface area contributed by atoms with Gasteiger partial charge in [0.2, 0.25) is 0 Å². The molecule has 0 atom stereocenters. The van der Waals surface area contributed by atoms with E-state index in [1.54, 1.807) is 13.8 Å². The predicted molar refractivity (Wildman–Crippen MR) is 63.5 cm³/mol. The summed E-state index contributed by atoms with van der Waals surface area (Å²) in [4.78, 5) is 11.1. The highest BCUT2D eigenvalue weighted by Gasteiger charge is 2.14. The lowest BCUT2D eigenvalue weighted by atomic mass is 10.2. The Kier molecular flexibility index (Phi) is 4.26. The van der Waals surface area contributed by atoms with Gasteiger partial charge in [0.1, 0.15) is 0 Å². The number of halogens is 2. The first-order valence-electron chi connectivity index (χ1n) is 4.58. The zero-order valence-electron chi connectivity index (χ0n) is 8.80. The Labute approximate surface area is 103 Å². The molecular formula is C10H11Cl2NO3. The van der Waals surface area contributed by atoms with Crippen LogP contribution in [-0.2, 0) is 4.74 Å². The van der Waals surface area contributed by atoms with Gasteiger partial charge in [0.15, 0.2) is 5.75 Å². The van der Waals surface area contributed by atoms with Crippen molar-refractivity contribution in [2.24, 2.45) is 0 Å². The number of nitrogens with one attached hydrogen (secondary N) is 1. The normalized spacial score (nSPS) is 10.0. The first-order chi connectivity index (χ1) is 7.47. The summed E-state index contributed by atoms with van der Waals surface area (Å²) in [5.74, 6) is -0.225. The molecule has 88 valence electrons. The highest BCUT2D eigenvalue weighted by atomic mass is 35.5. The monoisotopic (exact) mass is 263 g/mol. The molecule has 0 aliphatic heterocycles. The number of aromatic hydroxyl groups is 1. The van der Waals surface area contributed by atoms with E-state index in [2.05, 4.69) is 10.1 Å². The van der Waals surface area contributed by atoms with Crippen LogP contribution in [0.2, 0.25) is 10.0 Å². The van der Waals surface area contributed by atoms with Crippen molar-refractivity contribution in [3.8, 4) is 5.75 Å². The molecule has 0 saturated carbocycles. The summed E-state index contributed by atoms with van der Waals surface area (Å²) in [6, 6.07) is 1.41. The minimum Gasteiger partial charge on any atom is -0.504 e. The van der Waals surface area contributed by atoms with E-state index in [-0.39, 0.29) is 23.1 Å². The number of phenolic OH excluding ortho intramolecular Hbond substituents is 1. The smallest absolute Gasteiger partial charge is 0.411 e. The van der Waals surface area contributed by atoms with E-state index < -0.39 is 6.09 Å². The van der Waals surface area contributed by atoms with Crippen molar-refractivity contribution in [3.05, 3.63) is 21.7 Å². The van der Waals surface area contributed by atoms with E-state index in [1.165, 1.54) is 6.07 Å². The molecule has 1 aromatic carbocycles. The van der Waals surface area contributed by atoms with Crippen molar-refractivity contribution < 1.29 is 14.6 Å². The SMILES string of the molecule is CCOC(=O)Nc1cc(Cl)c(C)c(Cl)c1O. The molecule has 2 N–H and O–H groups in total. The Hall–Kier alpha value is -1.13. The fourth-order valence-corrected chi connectivity index (χ4v) is 1.53. The first kappa shape index (κ1) is 12.9. The summed E-state index contributed by atoms with van der Waals surface area (Å²) in [7, 11) is 0. The average molecular weight is 264 g/mol. The number of carbonyl (C=O) groups is 1. The minimum absolute atomic E-state index is 0.110. The molecule has 0 heterocycles. The highest BCUT2D eigenvalue weighted by molar-refractivity contribution is 6.37. The van der Waals surface area contributed by atoms with Crippen LogP contribution in [0.15, 0.2) is 6.07 Å². The molecule has 0 radical (unpaired) electrons. The summed E-state index contributed by atoms with van der Waals surface area (Å²) in [6.45, 7) is 3.58. The highest BCUT2D eigenvalue weighted by Crippen LogP contribution is 2.38. The van der Waals surface area contributed by atoms with Crippen molar-refractivity contribution in [2.75, 3.05) is 11.9 Å². The Bertz CT molecular complexity index is 421. The Morgan fingerprint density at radius 1 is 1.56 bits per heavy atom. The van der Waals surface area contributed by atoms with Crippen LogP contribution < -0.4 is 5.32 Å². The number of rotatable bonds is 2. The number of amides is 1. The van der Waals surface area contributed by atoms with Gasteiger partial charge in [0.25, 0.3) is 0 Å². The maximum absolute atomic E-state index is 11.1. The second kappa shape index (κ2) is 5.27. The van der Waals surface area contributed by atoms with Gasteiger partial charge in [0, 0.05) is 5.02 Å². The molecule has 0 bridgehead atoms. The van der Waals surface area contributed by atoms with Crippen molar-refractivity contribution in [1.29, 1.82) is 0 Å². The van der Waals surface area contributed by atoms with Gasteiger partial charge in [-0.1, -0.05) is 23.2 Å². The fraction of sp³-hybridized carbons (Fsp3) is 0.300. The number of phenols is 1. The van der Waals surface area contributed by atoms with Gasteiger partial charge in [-0.15, -0.1) is 0 Å². The summed E-state index contributed by atoms with van der Waals surface area (Å²) < 4.78 is 4.66. The zero-order chi connectivity index (χ0) is 12.3. The molecule has 4 nitrogen and oxygen atoms in total. The van der Waals surface area contributed by atoms with Gasteiger partial charge >= 0.3 is 6.09 Å². The van der Waals surface area contributed by atoms with Gasteiger partial charge in [-0.2, -0.15) is 0 Å². The molecule has 0 unspecified atom stereocenters. The van der Waals surface area contributed by atoms with Crippen molar-refractivity contribution in [3.63, 3.8) is 0 Å². The number of hydrogen-bond donors (Lipinski definition) is 2. The van der Waals surface area contributed by atoms with Crippen LogP contribution in [0, 0.1) is 6.92 Å². The lowest BCUT2D eigenvalue weighted by molar-refractivity contribution is 0.168. The quantitative estimate of drug-likeness (QED) is 0.802. The summed E-state index contributed by atoms with van der Waals surface area (Å²) >= 11 is 11.7. The van der Waals surface area contributed by atoms with Crippen LogP contribution in [-0.4, -0.2) is 17.8 Å². The maximum atomic E-state index is 11.1. The van der Waals surface area contributed by atoms with E-state index in [0.29, 0.717) is 10.6 Å². The third-order valence-corrected chi connectivity index (χ3v) is 2.79. The molecule has 0 fully saturated rings. The van der Waals surface area contributed by atoms with Crippen LogP contribution in [0.3, 0.4) is 0 Å². The van der Waals surface area contributed by atoms with E-state index in [4.69, 9.17) is 23.2 Å². The second-order valence-electron chi connectivity index (χ2n) is 3.04. The van der Waals surface area contributed by atoms with Crippen LogP contribution in [0.5, 0.6) is 5.75 Å². The lowest BCUT2D eigenvalue weighted by Gasteiger charge is -2.11. The van der Waals surface area contributed by atoms with Gasteiger partial charge in [-0.3, -0.25) is 5.32 Å². The fourth-order valence-electron chi connectivity index (χ4n) is 1.08. The molecule has 0 aliphatic rings. The van der Waals surface area contributed by atoms with Gasteiger partial charge in [0.05, 0.1) is 17.3 Å². The van der Waals surface area contributed by atoms with E-state index in [9.17, 15) is 9.90 Å². The maximum Gasteiger partial charge on any atom is 0.411 e. The zero-order valence-corrected chi connectivity index (χ0v) is 10.3. The molecule has 16 heavy (non-hydrogen) atoms.